The Morgan fingerprint density at radius 1 is 1.52 bits per heavy atom. The van der Waals surface area contributed by atoms with Crippen molar-refractivity contribution in [1.82, 2.24) is 19.5 Å². The van der Waals surface area contributed by atoms with Crippen molar-refractivity contribution < 1.29 is 14.9 Å². The maximum absolute atomic E-state index is 11.7. The fraction of sp³-hybridized carbons (Fsp3) is 0.583. The summed E-state index contributed by atoms with van der Waals surface area (Å²) in [7, 11) is 0. The van der Waals surface area contributed by atoms with E-state index in [0.29, 0.717) is 5.65 Å². The van der Waals surface area contributed by atoms with E-state index in [1.54, 1.807) is 4.57 Å². The summed E-state index contributed by atoms with van der Waals surface area (Å²) in [5.41, 5.74) is 0.301. The monoisotopic (exact) mass is 312 g/mol. The highest BCUT2D eigenvalue weighted by molar-refractivity contribution is 7.99. The van der Waals surface area contributed by atoms with Gasteiger partial charge in [0, 0.05) is 0 Å². The van der Waals surface area contributed by atoms with Crippen molar-refractivity contribution in [3.63, 3.8) is 0 Å². The fourth-order valence-electron chi connectivity index (χ4n) is 2.51. The molecule has 1 aliphatic rings. The molecule has 21 heavy (non-hydrogen) atoms. The molecule has 4 atom stereocenters. The summed E-state index contributed by atoms with van der Waals surface area (Å²) in [4.78, 5) is 22.3. The number of fused-ring (bicyclic) bond motifs is 1. The van der Waals surface area contributed by atoms with Crippen LogP contribution in [-0.2, 0) is 4.74 Å². The second-order valence-electron chi connectivity index (χ2n) is 4.71. The quantitative estimate of drug-likeness (QED) is 0.697. The molecular weight excluding hydrogens is 296 g/mol. The summed E-state index contributed by atoms with van der Waals surface area (Å²) in [6.45, 7) is 1.72. The Morgan fingerprint density at radius 3 is 3.05 bits per heavy atom. The van der Waals surface area contributed by atoms with Crippen LogP contribution in [0.2, 0.25) is 0 Å². The lowest BCUT2D eigenvalue weighted by molar-refractivity contribution is -0.0430. The number of thioether (sulfide) groups is 1. The van der Waals surface area contributed by atoms with Crippen molar-refractivity contribution in [3.8, 4) is 0 Å². The Morgan fingerprint density at radius 2 is 2.33 bits per heavy atom. The number of ether oxygens (including phenoxy) is 1. The van der Waals surface area contributed by atoms with Crippen molar-refractivity contribution in [1.29, 1.82) is 0 Å². The molecule has 114 valence electrons. The van der Waals surface area contributed by atoms with E-state index >= 15 is 0 Å². The van der Waals surface area contributed by atoms with Gasteiger partial charge in [-0.25, -0.2) is 9.97 Å². The molecule has 0 bridgehead atoms. The third-order valence-corrected chi connectivity index (χ3v) is 4.72. The smallest absolute Gasteiger partial charge is 0.278 e. The molecule has 0 saturated carbocycles. The highest BCUT2D eigenvalue weighted by Gasteiger charge is 2.44. The number of hydrogen-bond donors (Lipinski definition) is 3. The lowest BCUT2D eigenvalue weighted by Gasteiger charge is -2.20. The van der Waals surface area contributed by atoms with Crippen LogP contribution in [0.4, 0.5) is 0 Å². The zero-order valence-corrected chi connectivity index (χ0v) is 12.2. The van der Waals surface area contributed by atoms with Gasteiger partial charge < -0.3 is 19.9 Å². The minimum absolute atomic E-state index is 0.225. The number of H-pyrrole nitrogens is 1. The second kappa shape index (κ2) is 5.76. The minimum Gasteiger partial charge on any atom is -0.394 e. The average molecular weight is 312 g/mol. The maximum atomic E-state index is 11.7. The van der Waals surface area contributed by atoms with Gasteiger partial charge in [0.15, 0.2) is 17.4 Å². The molecular formula is C12H16N4O4S. The van der Waals surface area contributed by atoms with E-state index in [0.717, 1.165) is 5.75 Å². The lowest BCUT2D eigenvalue weighted by atomic mass is 10.2. The molecule has 2 aromatic rings. The molecule has 0 radical (unpaired) electrons. The van der Waals surface area contributed by atoms with Gasteiger partial charge in [-0.3, -0.25) is 9.36 Å². The zero-order valence-electron chi connectivity index (χ0n) is 11.3. The van der Waals surface area contributed by atoms with Crippen molar-refractivity contribution in [2.75, 3.05) is 12.4 Å². The van der Waals surface area contributed by atoms with Gasteiger partial charge in [0.1, 0.15) is 6.10 Å². The molecule has 1 aliphatic heterocycles. The summed E-state index contributed by atoms with van der Waals surface area (Å²) in [5, 5.41) is 19.3. The van der Waals surface area contributed by atoms with Crippen molar-refractivity contribution in [3.05, 3.63) is 23.0 Å². The first-order valence-electron chi connectivity index (χ1n) is 6.63. The van der Waals surface area contributed by atoms with Crippen LogP contribution >= 0.6 is 11.8 Å². The van der Waals surface area contributed by atoms with Gasteiger partial charge in [0.05, 0.1) is 30.6 Å². The van der Waals surface area contributed by atoms with E-state index < -0.39 is 18.4 Å². The van der Waals surface area contributed by atoms with E-state index in [1.165, 1.54) is 24.4 Å². The predicted molar refractivity (Wildman–Crippen MR) is 77.1 cm³/mol. The first kappa shape index (κ1) is 14.5. The standard InChI is InChI=1S/C12H16N4O4S/c1-2-21-9-8(18)6(3-17)20-12(9)16-5-15-7-10(16)13-4-14-11(7)19/h4-6,8-9,12,17-18H,2-3H2,1H3,(H,13,14,19)/t6-,8+,9-,12-/m0/s1. The number of aromatic amines is 1. The molecule has 3 rings (SSSR count). The van der Waals surface area contributed by atoms with Crippen LogP contribution < -0.4 is 5.56 Å². The molecule has 0 aliphatic carbocycles. The fourth-order valence-corrected chi connectivity index (χ4v) is 3.63. The summed E-state index contributed by atoms with van der Waals surface area (Å²) in [6, 6.07) is 0. The van der Waals surface area contributed by atoms with Crippen LogP contribution in [0.3, 0.4) is 0 Å². The zero-order chi connectivity index (χ0) is 15.0. The van der Waals surface area contributed by atoms with E-state index in [2.05, 4.69) is 15.0 Å². The van der Waals surface area contributed by atoms with Crippen LogP contribution in [0, 0.1) is 0 Å². The molecule has 0 aromatic carbocycles. The number of aromatic nitrogens is 4. The predicted octanol–water partition coefficient (Wildman–Crippen LogP) is -0.508. The van der Waals surface area contributed by atoms with Crippen molar-refractivity contribution in [2.45, 2.75) is 30.6 Å². The number of aliphatic hydroxyl groups excluding tert-OH is 2. The van der Waals surface area contributed by atoms with E-state index in [-0.39, 0.29) is 22.9 Å². The van der Waals surface area contributed by atoms with Crippen LogP contribution in [0.1, 0.15) is 13.2 Å². The Labute approximate surface area is 124 Å². The Kier molecular flexibility index (Phi) is 3.98. The third kappa shape index (κ3) is 2.35. The van der Waals surface area contributed by atoms with Crippen molar-refractivity contribution >= 4 is 22.9 Å². The molecule has 8 nitrogen and oxygen atoms in total. The Balaban J connectivity index is 2.04. The molecule has 0 amide bonds. The minimum atomic E-state index is -0.788. The Hall–Kier alpha value is -1.42. The van der Waals surface area contributed by atoms with Crippen molar-refractivity contribution in [2.24, 2.45) is 0 Å². The van der Waals surface area contributed by atoms with Crippen LogP contribution in [0.5, 0.6) is 0 Å². The number of nitrogens with zero attached hydrogens (tertiary/aromatic N) is 3. The lowest BCUT2D eigenvalue weighted by Crippen LogP contribution is -2.31. The maximum Gasteiger partial charge on any atom is 0.278 e. The normalized spacial score (nSPS) is 29.3. The second-order valence-corrected chi connectivity index (χ2v) is 6.17. The van der Waals surface area contributed by atoms with Gasteiger partial charge >= 0.3 is 0 Å². The molecule has 9 heteroatoms. The van der Waals surface area contributed by atoms with Gasteiger partial charge in [-0.1, -0.05) is 6.92 Å². The topological polar surface area (TPSA) is 113 Å². The number of aliphatic hydroxyl groups is 2. The van der Waals surface area contributed by atoms with E-state index in [4.69, 9.17) is 4.74 Å². The van der Waals surface area contributed by atoms with Crippen LogP contribution in [0.15, 0.2) is 17.4 Å². The largest absolute Gasteiger partial charge is 0.394 e. The average Bonchev–Trinajstić information content (AvgIpc) is 3.03. The van der Waals surface area contributed by atoms with E-state index in [9.17, 15) is 15.0 Å². The summed E-state index contributed by atoms with van der Waals surface area (Å²) < 4.78 is 7.37. The molecule has 2 aromatic heterocycles. The first-order valence-corrected chi connectivity index (χ1v) is 7.68. The van der Waals surface area contributed by atoms with E-state index in [1.807, 2.05) is 6.92 Å². The summed E-state index contributed by atoms with van der Waals surface area (Å²) in [5.74, 6) is 0.792. The molecule has 3 N–H and O–H groups in total. The van der Waals surface area contributed by atoms with Gasteiger partial charge in [-0.15, -0.1) is 0 Å². The van der Waals surface area contributed by atoms with Gasteiger partial charge in [0.25, 0.3) is 5.56 Å². The number of hydrogen-bond acceptors (Lipinski definition) is 7. The van der Waals surface area contributed by atoms with Crippen LogP contribution in [0.25, 0.3) is 11.2 Å². The molecule has 1 fully saturated rings. The molecule has 0 spiro atoms. The molecule has 0 unspecified atom stereocenters. The summed E-state index contributed by atoms with van der Waals surface area (Å²) in [6.07, 6.45) is 0.816. The number of imidazole rings is 1. The van der Waals surface area contributed by atoms with Gasteiger partial charge in [-0.05, 0) is 5.75 Å². The first-order chi connectivity index (χ1) is 10.2. The molecule has 1 saturated heterocycles. The Bertz CT molecular complexity index is 687. The highest BCUT2D eigenvalue weighted by atomic mass is 32.2. The third-order valence-electron chi connectivity index (χ3n) is 3.49. The van der Waals surface area contributed by atoms with Gasteiger partial charge in [0.2, 0.25) is 0 Å². The highest BCUT2D eigenvalue weighted by Crippen LogP contribution is 2.38. The SMILES string of the molecule is CCS[C@H]1[C@H](O)[C@H](CO)O[C@@H]1n1cnc2c(=O)[nH]cnc21. The van der Waals surface area contributed by atoms with Gasteiger partial charge in [-0.2, -0.15) is 11.8 Å². The number of nitrogens with one attached hydrogen (secondary N) is 1. The summed E-state index contributed by atoms with van der Waals surface area (Å²) >= 11 is 1.54. The van der Waals surface area contributed by atoms with Crippen LogP contribution in [-0.4, -0.2) is 59.5 Å². The molecule has 3 heterocycles. The number of rotatable bonds is 4.